The summed E-state index contributed by atoms with van der Waals surface area (Å²) in [4.78, 5) is 12.3. The van der Waals surface area contributed by atoms with Gasteiger partial charge in [0, 0.05) is 11.1 Å². The molecule has 0 aromatic heterocycles. The van der Waals surface area contributed by atoms with Gasteiger partial charge in [0.25, 0.3) is 0 Å². The summed E-state index contributed by atoms with van der Waals surface area (Å²) < 4.78 is 29.9. The lowest BCUT2D eigenvalue weighted by Gasteiger charge is -2.64. The number of alkyl halides is 1. The molecule has 9 heteroatoms. The van der Waals surface area contributed by atoms with Crippen molar-refractivity contribution >= 4 is 24.7 Å². The van der Waals surface area contributed by atoms with Crippen LogP contribution < -0.4 is 14.2 Å². The van der Waals surface area contributed by atoms with E-state index in [1.165, 1.54) is 21.3 Å². The number of carboxylic acid groups (broad SMARTS) is 1. The second-order valence-corrected chi connectivity index (χ2v) is 12.5. The van der Waals surface area contributed by atoms with Gasteiger partial charge in [0.2, 0.25) is 0 Å². The highest BCUT2D eigenvalue weighted by atomic mass is 35.5. The van der Waals surface area contributed by atoms with Crippen molar-refractivity contribution in [2.45, 2.75) is 83.2 Å². The van der Waals surface area contributed by atoms with E-state index in [0.29, 0.717) is 23.1 Å². The molecule has 1 aromatic rings. The number of hydrogen-bond acceptors (Lipinski definition) is 6. The third-order valence-corrected chi connectivity index (χ3v) is 9.06. The summed E-state index contributed by atoms with van der Waals surface area (Å²) in [5, 5.41) is 9.49. The van der Waals surface area contributed by atoms with Crippen molar-refractivity contribution < 1.29 is 33.4 Å². The summed E-state index contributed by atoms with van der Waals surface area (Å²) >= 11 is 7.01. The molecule has 3 aliphatic carbocycles. The molecule has 2 bridgehead atoms. The number of hydrogen-bond donors (Lipinski definition) is 1. The van der Waals surface area contributed by atoms with E-state index in [0.717, 1.165) is 18.4 Å². The minimum absolute atomic E-state index is 0.00879. The lowest BCUT2D eigenvalue weighted by Crippen LogP contribution is -2.65. The Kier molecular flexibility index (Phi) is 6.60. The van der Waals surface area contributed by atoms with Crippen molar-refractivity contribution in [2.75, 3.05) is 21.3 Å². The molecule has 0 amide bonds. The van der Waals surface area contributed by atoms with Gasteiger partial charge >= 0.3 is 13.1 Å². The standard InChI is InChI=1S/C26H38BClO7/c1-24(2,3)19-14(20(31-7)18(23(29)30)21(32-8)22(19)33-9)12-17(28)27-34-16-11-13-10-15(25(13,4)5)26(16,6)35-27/h13,15-17H,10-12H2,1-9H3,(H,29,30)/t13-,15-,16+,17?,26-/m0/s1. The monoisotopic (exact) mass is 508 g/mol. The van der Waals surface area contributed by atoms with Gasteiger partial charge in [-0.1, -0.05) is 34.6 Å². The predicted molar refractivity (Wildman–Crippen MR) is 135 cm³/mol. The number of carbonyl (C=O) groups is 1. The molecule has 3 saturated carbocycles. The molecule has 1 saturated heterocycles. The number of ether oxygens (including phenoxy) is 3. The van der Waals surface area contributed by atoms with Gasteiger partial charge in [-0.25, -0.2) is 4.79 Å². The van der Waals surface area contributed by atoms with Gasteiger partial charge in [0.05, 0.1) is 38.3 Å². The van der Waals surface area contributed by atoms with E-state index in [2.05, 4.69) is 20.8 Å². The minimum Gasteiger partial charge on any atom is -0.495 e. The third-order valence-electron chi connectivity index (χ3n) is 8.70. The molecule has 1 N–H and O–H groups in total. The van der Waals surface area contributed by atoms with Crippen LogP contribution in [-0.4, -0.2) is 56.5 Å². The molecule has 1 unspecified atom stereocenters. The second-order valence-electron chi connectivity index (χ2n) is 11.9. The van der Waals surface area contributed by atoms with Gasteiger partial charge in [-0.2, -0.15) is 0 Å². The van der Waals surface area contributed by atoms with E-state index >= 15 is 0 Å². The summed E-state index contributed by atoms with van der Waals surface area (Å²) in [7, 11) is 3.78. The largest absolute Gasteiger partial charge is 0.495 e. The molecule has 0 spiro atoms. The summed E-state index contributed by atoms with van der Waals surface area (Å²) in [6, 6.07) is 0. The Hall–Kier alpha value is -1.64. The van der Waals surface area contributed by atoms with Crippen LogP contribution in [0.3, 0.4) is 0 Å². The molecule has 1 aromatic carbocycles. The van der Waals surface area contributed by atoms with Gasteiger partial charge in [-0.15, -0.1) is 11.6 Å². The highest BCUT2D eigenvalue weighted by Gasteiger charge is 2.68. The first-order valence-electron chi connectivity index (χ1n) is 12.3. The second kappa shape index (κ2) is 8.74. The number of rotatable bonds is 7. The van der Waals surface area contributed by atoms with Crippen molar-refractivity contribution in [3.63, 3.8) is 0 Å². The van der Waals surface area contributed by atoms with Crippen LogP contribution in [0.5, 0.6) is 17.2 Å². The molecule has 1 aliphatic heterocycles. The molecule has 194 valence electrons. The summed E-state index contributed by atoms with van der Waals surface area (Å²) in [6.45, 7) is 12.9. The van der Waals surface area contributed by atoms with Crippen LogP contribution in [0.1, 0.15) is 75.9 Å². The minimum atomic E-state index is -1.17. The molecule has 7 nitrogen and oxygen atoms in total. The number of methoxy groups -OCH3 is 3. The summed E-state index contributed by atoms with van der Waals surface area (Å²) in [5.74, 6) is 0.610. The fourth-order valence-corrected chi connectivity index (χ4v) is 7.14. The van der Waals surface area contributed by atoms with Crippen LogP contribution in [0, 0.1) is 17.3 Å². The van der Waals surface area contributed by atoms with E-state index in [-0.39, 0.29) is 40.6 Å². The molecule has 4 aliphatic rings. The number of benzene rings is 1. The van der Waals surface area contributed by atoms with Crippen LogP contribution in [0.25, 0.3) is 0 Å². The molecule has 5 atom stereocenters. The van der Waals surface area contributed by atoms with Crippen molar-refractivity contribution in [1.29, 1.82) is 0 Å². The average molecular weight is 509 g/mol. The number of carboxylic acids is 1. The average Bonchev–Trinajstić information content (AvgIpc) is 3.13. The van der Waals surface area contributed by atoms with Gasteiger partial charge in [0.15, 0.2) is 11.5 Å². The smallest absolute Gasteiger partial charge is 0.477 e. The maximum atomic E-state index is 12.3. The lowest BCUT2D eigenvalue weighted by molar-refractivity contribution is -0.199. The van der Waals surface area contributed by atoms with Gasteiger partial charge in [0.1, 0.15) is 11.3 Å². The Morgan fingerprint density at radius 1 is 1.11 bits per heavy atom. The zero-order valence-electron chi connectivity index (χ0n) is 22.3. The topological polar surface area (TPSA) is 83.5 Å². The van der Waals surface area contributed by atoms with Crippen molar-refractivity contribution in [2.24, 2.45) is 17.3 Å². The zero-order valence-corrected chi connectivity index (χ0v) is 23.0. The Morgan fingerprint density at radius 3 is 2.20 bits per heavy atom. The first kappa shape index (κ1) is 26.4. The highest BCUT2D eigenvalue weighted by Crippen LogP contribution is 2.66. The maximum absolute atomic E-state index is 12.3. The van der Waals surface area contributed by atoms with Crippen LogP contribution in [0.2, 0.25) is 0 Å². The highest BCUT2D eigenvalue weighted by molar-refractivity contribution is 6.60. The zero-order chi connectivity index (χ0) is 26.1. The van der Waals surface area contributed by atoms with E-state index in [1.54, 1.807) is 0 Å². The fourth-order valence-electron chi connectivity index (χ4n) is 6.87. The summed E-state index contributed by atoms with van der Waals surface area (Å²) in [5.41, 5.74) is 0.790. The Balaban J connectivity index is 1.75. The quantitative estimate of drug-likeness (QED) is 0.404. The first-order chi connectivity index (χ1) is 16.2. The maximum Gasteiger partial charge on any atom is 0.477 e. The first-order valence-corrected chi connectivity index (χ1v) is 12.7. The molecule has 0 radical (unpaired) electrons. The third kappa shape index (κ3) is 3.91. The van der Waals surface area contributed by atoms with E-state index in [1.807, 2.05) is 20.8 Å². The van der Waals surface area contributed by atoms with E-state index in [4.69, 9.17) is 35.1 Å². The molecule has 35 heavy (non-hydrogen) atoms. The van der Waals surface area contributed by atoms with Crippen LogP contribution in [0.15, 0.2) is 0 Å². The number of halogens is 1. The summed E-state index contributed by atoms with van der Waals surface area (Å²) in [6.07, 6.45) is 2.41. The predicted octanol–water partition coefficient (Wildman–Crippen LogP) is 5.13. The van der Waals surface area contributed by atoms with Gasteiger partial charge in [-0.05, 0) is 48.9 Å². The van der Waals surface area contributed by atoms with Crippen molar-refractivity contribution in [3.8, 4) is 17.2 Å². The van der Waals surface area contributed by atoms with Crippen molar-refractivity contribution in [1.82, 2.24) is 0 Å². The Morgan fingerprint density at radius 2 is 1.71 bits per heavy atom. The molecule has 5 rings (SSSR count). The molecule has 1 heterocycles. The molecule has 4 fully saturated rings. The van der Waals surface area contributed by atoms with Crippen molar-refractivity contribution in [3.05, 3.63) is 16.7 Å². The van der Waals surface area contributed by atoms with E-state index < -0.39 is 23.8 Å². The lowest BCUT2D eigenvalue weighted by atomic mass is 9.43. The fraction of sp³-hybridized carbons (Fsp3) is 0.731. The molecular formula is C26H38BClO7. The SMILES string of the molecule is COc1c(CC(Cl)B2O[C@@H]3C[C@@H]4C[C@@H](C4(C)C)[C@]3(C)O2)c(C(C)(C)C)c(OC)c(OC)c1C(=O)O. The van der Waals surface area contributed by atoms with Crippen LogP contribution in [0.4, 0.5) is 0 Å². The van der Waals surface area contributed by atoms with E-state index in [9.17, 15) is 9.90 Å². The Labute approximate surface area is 213 Å². The van der Waals surface area contributed by atoms with Crippen LogP contribution >= 0.6 is 11.6 Å². The number of aromatic carboxylic acids is 1. The van der Waals surface area contributed by atoms with Gasteiger partial charge in [-0.3, -0.25) is 0 Å². The normalized spacial score (nSPS) is 29.8. The van der Waals surface area contributed by atoms with Crippen LogP contribution in [-0.2, 0) is 21.1 Å². The Bertz CT molecular complexity index is 1020. The molecular weight excluding hydrogens is 471 g/mol. The van der Waals surface area contributed by atoms with Gasteiger partial charge < -0.3 is 28.6 Å².